The van der Waals surface area contributed by atoms with Crippen LogP contribution in [-0.2, 0) is 33.1 Å². The van der Waals surface area contributed by atoms with Crippen molar-refractivity contribution in [2.45, 2.75) is 35.5 Å². The molecule has 0 aliphatic heterocycles. The fourth-order valence-corrected chi connectivity index (χ4v) is 8.57. The van der Waals surface area contributed by atoms with E-state index in [4.69, 9.17) is 4.18 Å². The van der Waals surface area contributed by atoms with Gasteiger partial charge >= 0.3 is 10.1 Å². The van der Waals surface area contributed by atoms with E-state index in [1.807, 2.05) is 51.2 Å². The van der Waals surface area contributed by atoms with Gasteiger partial charge in [0, 0.05) is 16.3 Å². The molecule has 1 aliphatic carbocycles. The Hall–Kier alpha value is 0.290. The smallest absolute Gasteiger partial charge is 0.341 e. The molecule has 1 aliphatic rings. The summed E-state index contributed by atoms with van der Waals surface area (Å²) in [7, 11) is -8.76. The van der Waals surface area contributed by atoms with E-state index in [0.717, 1.165) is 22.5 Å². The lowest BCUT2D eigenvalue weighted by atomic mass is 9.91. The highest BCUT2D eigenvalue weighted by atomic mass is 127. The molecule has 6 nitrogen and oxygen atoms in total. The molecule has 3 rings (SSSR count). The maximum absolute atomic E-state index is 12.9. The third-order valence-corrected chi connectivity index (χ3v) is 11.1. The Balaban J connectivity index is 2.13. The average molecular weight is 745 g/mol. The van der Waals surface area contributed by atoms with E-state index in [0.29, 0.717) is 31.1 Å². The van der Waals surface area contributed by atoms with Crippen molar-refractivity contribution in [1.82, 2.24) is 0 Å². The number of benzene rings is 2. The van der Waals surface area contributed by atoms with Gasteiger partial charge in [-0.25, -0.2) is 8.42 Å². The molecule has 0 unspecified atom stereocenters. The summed E-state index contributed by atoms with van der Waals surface area (Å²) in [6.07, 6.45) is 2.37. The quantitative estimate of drug-likeness (QED) is 0.203. The number of fused-ring (bicyclic) bond motifs is 1. The van der Waals surface area contributed by atoms with E-state index >= 15 is 0 Å². The normalized spacial score (nSPS) is 14.7. The van der Waals surface area contributed by atoms with Crippen LogP contribution in [0.3, 0.4) is 0 Å². The molecule has 0 bridgehead atoms. The number of hydrogen-bond donors (Lipinski definition) is 0. The zero-order valence-electron chi connectivity index (χ0n) is 13.5. The third-order valence-electron chi connectivity index (χ3n) is 4.17. The Bertz CT molecular complexity index is 1130. The molecule has 11 heteroatoms. The van der Waals surface area contributed by atoms with E-state index in [2.05, 4.69) is 22.6 Å². The van der Waals surface area contributed by atoms with Crippen LogP contribution in [-0.4, -0.2) is 21.4 Å². The molecule has 2 aromatic carbocycles. The largest absolute Gasteiger partial charge is 0.744 e. The Labute approximate surface area is 198 Å². The van der Waals surface area contributed by atoms with Crippen molar-refractivity contribution in [3.63, 3.8) is 0 Å². The van der Waals surface area contributed by atoms with Gasteiger partial charge < -0.3 is 8.74 Å². The average Bonchev–Trinajstić information content (AvgIpc) is 2.57. The van der Waals surface area contributed by atoms with Gasteiger partial charge in [0.1, 0.15) is 20.8 Å². The summed E-state index contributed by atoms with van der Waals surface area (Å²) in [4.78, 5) is -0.207. The van der Waals surface area contributed by atoms with Gasteiger partial charge in [0.25, 0.3) is 0 Å². The lowest BCUT2D eigenvalue weighted by Crippen LogP contribution is -2.17. The van der Waals surface area contributed by atoms with Crippen molar-refractivity contribution in [1.29, 1.82) is 0 Å². The van der Waals surface area contributed by atoms with Gasteiger partial charge in [-0.05, 0) is 123 Å². The lowest BCUT2D eigenvalue weighted by Gasteiger charge is -2.23. The van der Waals surface area contributed by atoms with Crippen LogP contribution in [0.15, 0.2) is 34.1 Å². The maximum Gasteiger partial charge on any atom is 0.341 e. The molecular formula is C16H12I3O6S2-. The molecule has 0 aromatic heterocycles. The van der Waals surface area contributed by atoms with Crippen molar-refractivity contribution >= 4 is 88.0 Å². The minimum absolute atomic E-state index is 0.0840. The van der Waals surface area contributed by atoms with Crippen molar-refractivity contribution in [3.05, 3.63) is 46.1 Å². The first-order valence-electron chi connectivity index (χ1n) is 7.71. The van der Waals surface area contributed by atoms with Crippen LogP contribution >= 0.6 is 67.8 Å². The van der Waals surface area contributed by atoms with Gasteiger partial charge in [-0.15, -0.1) is 0 Å². The molecule has 2 aromatic rings. The van der Waals surface area contributed by atoms with Crippen molar-refractivity contribution in [2.75, 3.05) is 0 Å². The molecule has 0 saturated heterocycles. The Kier molecular flexibility index (Phi) is 6.68. The van der Waals surface area contributed by atoms with E-state index in [1.165, 1.54) is 6.07 Å². The summed E-state index contributed by atoms with van der Waals surface area (Å²) in [5, 5.41) is 0. The molecule has 146 valence electrons. The minimum Gasteiger partial charge on any atom is -0.744 e. The van der Waals surface area contributed by atoms with Crippen molar-refractivity contribution in [3.8, 4) is 5.75 Å². The van der Waals surface area contributed by atoms with Crippen LogP contribution in [0.1, 0.15) is 24.0 Å². The second-order valence-electron chi connectivity index (χ2n) is 5.89. The van der Waals surface area contributed by atoms with Gasteiger partial charge in [0.05, 0.1) is 4.90 Å². The Morgan fingerprint density at radius 1 is 0.852 bits per heavy atom. The second-order valence-corrected chi connectivity index (χ2v) is 12.1. The molecule has 0 saturated carbocycles. The molecule has 0 spiro atoms. The van der Waals surface area contributed by atoms with E-state index in [1.54, 1.807) is 6.07 Å². The fourth-order valence-electron chi connectivity index (χ4n) is 3.01. The standard InChI is InChI=1S/C16H13I3O6S2/c17-11-5-6-12(18)16(15(11)19)27(23,24)25-13-7-8-14(26(20,21)22)10-4-2-1-3-9(10)13/h5-8H,1-4H2,(H,20,21,22)/p-1. The summed E-state index contributed by atoms with van der Waals surface area (Å²) in [5.74, 6) is 0.0857. The Morgan fingerprint density at radius 2 is 1.44 bits per heavy atom. The number of hydrogen-bond acceptors (Lipinski definition) is 6. The van der Waals surface area contributed by atoms with E-state index in [9.17, 15) is 21.4 Å². The summed E-state index contributed by atoms with van der Waals surface area (Å²) in [6, 6.07) is 5.92. The van der Waals surface area contributed by atoms with Gasteiger partial charge in [-0.1, -0.05) is 0 Å². The van der Waals surface area contributed by atoms with Crippen LogP contribution in [0.5, 0.6) is 5.75 Å². The molecular weight excluding hydrogens is 733 g/mol. The summed E-state index contributed by atoms with van der Waals surface area (Å²) >= 11 is 5.96. The van der Waals surface area contributed by atoms with E-state index < -0.39 is 20.2 Å². The fraction of sp³-hybridized carbons (Fsp3) is 0.250. The predicted octanol–water partition coefficient (Wildman–Crippen LogP) is 4.05. The number of rotatable bonds is 4. The summed E-state index contributed by atoms with van der Waals surface area (Å²) < 4.78 is 67.8. The van der Waals surface area contributed by atoms with Crippen LogP contribution in [0.25, 0.3) is 0 Å². The van der Waals surface area contributed by atoms with Gasteiger partial charge in [0.15, 0.2) is 0 Å². The topological polar surface area (TPSA) is 101 Å². The first-order chi connectivity index (χ1) is 12.5. The monoisotopic (exact) mass is 745 g/mol. The van der Waals surface area contributed by atoms with Crippen molar-refractivity contribution < 1.29 is 25.6 Å². The highest BCUT2D eigenvalue weighted by molar-refractivity contribution is 14.1. The maximum atomic E-state index is 12.9. The number of halogens is 3. The molecule has 0 N–H and O–H groups in total. The Morgan fingerprint density at radius 3 is 2.07 bits per heavy atom. The minimum atomic E-state index is -4.63. The lowest BCUT2D eigenvalue weighted by molar-refractivity contribution is 0.459. The van der Waals surface area contributed by atoms with Gasteiger partial charge in [-0.3, -0.25) is 0 Å². The first kappa shape index (κ1) is 22.0. The molecule has 0 heterocycles. The highest BCUT2D eigenvalue weighted by Crippen LogP contribution is 2.37. The van der Waals surface area contributed by atoms with E-state index in [-0.39, 0.29) is 15.5 Å². The van der Waals surface area contributed by atoms with Crippen LogP contribution in [0.2, 0.25) is 0 Å². The molecule has 0 fully saturated rings. The molecule has 0 amide bonds. The van der Waals surface area contributed by atoms with Crippen LogP contribution in [0, 0.1) is 10.7 Å². The summed E-state index contributed by atoms with van der Waals surface area (Å²) in [6.45, 7) is 0. The molecule has 0 radical (unpaired) electrons. The van der Waals surface area contributed by atoms with Gasteiger partial charge in [-0.2, -0.15) is 8.42 Å². The molecule has 27 heavy (non-hydrogen) atoms. The zero-order valence-corrected chi connectivity index (χ0v) is 21.6. The SMILES string of the molecule is O=S(=O)([O-])c1ccc(OS(=O)(=O)c2c(I)ccc(I)c2I)c2c1CCCC2. The van der Waals surface area contributed by atoms with Crippen molar-refractivity contribution in [2.24, 2.45) is 0 Å². The first-order valence-corrected chi connectivity index (χ1v) is 13.8. The van der Waals surface area contributed by atoms with Crippen LogP contribution < -0.4 is 4.18 Å². The second kappa shape index (κ2) is 8.20. The third kappa shape index (κ3) is 4.57. The van der Waals surface area contributed by atoms with Crippen LogP contribution in [0.4, 0.5) is 0 Å². The predicted molar refractivity (Wildman–Crippen MR) is 123 cm³/mol. The zero-order chi connectivity index (χ0) is 20.0. The molecule has 0 atom stereocenters. The van der Waals surface area contributed by atoms with Gasteiger partial charge in [0.2, 0.25) is 0 Å². The summed E-state index contributed by atoms with van der Waals surface area (Å²) in [5.41, 5.74) is 0.855. The highest BCUT2D eigenvalue weighted by Gasteiger charge is 2.28.